The maximum atomic E-state index is 12.1. The molecule has 0 aliphatic carbocycles. The molecule has 1 fully saturated rings. The number of hydrogen-bond acceptors (Lipinski definition) is 4. The highest BCUT2D eigenvalue weighted by molar-refractivity contribution is 7.89. The fourth-order valence-electron chi connectivity index (χ4n) is 2.60. The number of likely N-dealkylation sites (tertiary alicyclic amines) is 1. The van der Waals surface area contributed by atoms with Gasteiger partial charge in [0.1, 0.15) is 0 Å². The summed E-state index contributed by atoms with van der Waals surface area (Å²) in [6.45, 7) is 3.97. The molecule has 1 heterocycles. The molecule has 0 atom stereocenters. The van der Waals surface area contributed by atoms with E-state index < -0.39 is 10.0 Å². The molecule has 0 aromatic heterocycles. The minimum atomic E-state index is -3.53. The molecule has 0 unspecified atom stereocenters. The standard InChI is InChI=1S/C15H23N3O3S/c1-12-6-7-13(10-14(12)22(20,21)16-2)17-15(19)11-18-8-4-3-5-9-18/h6-7,10,16H,3-5,8-9,11H2,1-2H3,(H,17,19). The van der Waals surface area contributed by atoms with Gasteiger partial charge < -0.3 is 5.32 Å². The number of aryl methyl sites for hydroxylation is 1. The molecule has 7 heteroatoms. The van der Waals surface area contributed by atoms with Gasteiger partial charge in [-0.2, -0.15) is 0 Å². The minimum Gasteiger partial charge on any atom is -0.325 e. The third kappa shape index (κ3) is 4.28. The monoisotopic (exact) mass is 325 g/mol. The highest BCUT2D eigenvalue weighted by Crippen LogP contribution is 2.20. The van der Waals surface area contributed by atoms with Crippen molar-refractivity contribution in [2.24, 2.45) is 0 Å². The summed E-state index contributed by atoms with van der Waals surface area (Å²) in [6, 6.07) is 4.91. The quantitative estimate of drug-likeness (QED) is 0.856. The first-order valence-electron chi connectivity index (χ1n) is 7.49. The fraction of sp³-hybridized carbons (Fsp3) is 0.533. The van der Waals surface area contributed by atoms with E-state index in [1.807, 2.05) is 0 Å². The van der Waals surface area contributed by atoms with Gasteiger partial charge in [0, 0.05) is 5.69 Å². The van der Waals surface area contributed by atoms with E-state index in [0.29, 0.717) is 17.8 Å². The molecule has 1 aliphatic heterocycles. The Morgan fingerprint density at radius 3 is 2.55 bits per heavy atom. The second-order valence-corrected chi connectivity index (χ2v) is 7.43. The van der Waals surface area contributed by atoms with E-state index in [-0.39, 0.29) is 10.8 Å². The molecule has 6 nitrogen and oxygen atoms in total. The Hall–Kier alpha value is -1.44. The van der Waals surface area contributed by atoms with Gasteiger partial charge in [0.15, 0.2) is 0 Å². The number of carbonyl (C=O) groups excluding carboxylic acids is 1. The van der Waals surface area contributed by atoms with Gasteiger partial charge in [-0.05, 0) is 57.6 Å². The van der Waals surface area contributed by atoms with Crippen molar-refractivity contribution in [1.82, 2.24) is 9.62 Å². The third-order valence-electron chi connectivity index (χ3n) is 3.85. The molecule has 0 saturated carbocycles. The number of hydrogen-bond donors (Lipinski definition) is 2. The average molecular weight is 325 g/mol. The lowest BCUT2D eigenvalue weighted by atomic mass is 10.1. The van der Waals surface area contributed by atoms with Gasteiger partial charge in [0.25, 0.3) is 0 Å². The van der Waals surface area contributed by atoms with Crippen LogP contribution in [0.3, 0.4) is 0 Å². The lowest BCUT2D eigenvalue weighted by Crippen LogP contribution is -2.36. The summed E-state index contributed by atoms with van der Waals surface area (Å²) in [7, 11) is -2.15. The number of sulfonamides is 1. The predicted molar refractivity (Wildman–Crippen MR) is 86.3 cm³/mol. The van der Waals surface area contributed by atoms with Gasteiger partial charge in [0.05, 0.1) is 11.4 Å². The highest BCUT2D eigenvalue weighted by Gasteiger charge is 2.17. The Kier molecular flexibility index (Phi) is 5.55. The van der Waals surface area contributed by atoms with Crippen molar-refractivity contribution in [1.29, 1.82) is 0 Å². The fourth-order valence-corrected chi connectivity index (χ4v) is 3.59. The molecular weight excluding hydrogens is 302 g/mol. The zero-order chi connectivity index (χ0) is 16.2. The van der Waals surface area contributed by atoms with Gasteiger partial charge in [-0.3, -0.25) is 9.69 Å². The van der Waals surface area contributed by atoms with Crippen LogP contribution in [0.2, 0.25) is 0 Å². The van der Waals surface area contributed by atoms with Crippen molar-refractivity contribution in [3.8, 4) is 0 Å². The highest BCUT2D eigenvalue weighted by atomic mass is 32.2. The molecule has 1 aromatic rings. The molecule has 122 valence electrons. The summed E-state index contributed by atoms with van der Waals surface area (Å²) >= 11 is 0. The van der Waals surface area contributed by atoms with E-state index in [2.05, 4.69) is 14.9 Å². The molecule has 0 radical (unpaired) electrons. The van der Waals surface area contributed by atoms with Crippen molar-refractivity contribution < 1.29 is 13.2 Å². The van der Waals surface area contributed by atoms with E-state index in [1.165, 1.54) is 19.5 Å². The zero-order valence-electron chi connectivity index (χ0n) is 13.1. The number of rotatable bonds is 5. The minimum absolute atomic E-state index is 0.112. The number of nitrogens with one attached hydrogen (secondary N) is 2. The molecule has 22 heavy (non-hydrogen) atoms. The van der Waals surface area contributed by atoms with Gasteiger partial charge in [-0.25, -0.2) is 13.1 Å². The second-order valence-electron chi connectivity index (χ2n) is 5.57. The Morgan fingerprint density at radius 2 is 1.91 bits per heavy atom. The van der Waals surface area contributed by atoms with Crippen LogP contribution in [0.15, 0.2) is 23.1 Å². The van der Waals surface area contributed by atoms with Crippen molar-refractivity contribution in [3.63, 3.8) is 0 Å². The SMILES string of the molecule is CNS(=O)(=O)c1cc(NC(=O)CN2CCCCC2)ccc1C. The second kappa shape index (κ2) is 7.21. The van der Waals surface area contributed by atoms with Crippen LogP contribution >= 0.6 is 0 Å². The van der Waals surface area contributed by atoms with Crippen molar-refractivity contribution in [3.05, 3.63) is 23.8 Å². The molecule has 1 amide bonds. The van der Waals surface area contributed by atoms with Crippen LogP contribution in [0, 0.1) is 6.92 Å². The first-order chi connectivity index (χ1) is 10.4. The van der Waals surface area contributed by atoms with Crippen LogP contribution in [-0.4, -0.2) is 45.9 Å². The summed E-state index contributed by atoms with van der Waals surface area (Å²) < 4.78 is 26.2. The Bertz CT molecular complexity index is 637. The van der Waals surface area contributed by atoms with Crippen molar-refractivity contribution >= 4 is 21.6 Å². The zero-order valence-corrected chi connectivity index (χ0v) is 13.9. The molecule has 0 bridgehead atoms. The smallest absolute Gasteiger partial charge is 0.240 e. The molecule has 2 N–H and O–H groups in total. The maximum Gasteiger partial charge on any atom is 0.240 e. The Balaban J connectivity index is 2.06. The lowest BCUT2D eigenvalue weighted by molar-refractivity contribution is -0.117. The predicted octanol–water partition coefficient (Wildman–Crippen LogP) is 1.33. The Morgan fingerprint density at radius 1 is 1.23 bits per heavy atom. The third-order valence-corrected chi connectivity index (χ3v) is 5.40. The summed E-state index contributed by atoms with van der Waals surface area (Å²) in [6.07, 6.45) is 3.48. The summed E-state index contributed by atoms with van der Waals surface area (Å²) in [5, 5.41) is 2.78. The largest absolute Gasteiger partial charge is 0.325 e. The number of carbonyl (C=O) groups is 1. The van der Waals surface area contributed by atoms with Crippen LogP contribution in [-0.2, 0) is 14.8 Å². The van der Waals surface area contributed by atoms with E-state index in [9.17, 15) is 13.2 Å². The van der Waals surface area contributed by atoms with E-state index in [1.54, 1.807) is 19.1 Å². The summed E-state index contributed by atoms with van der Waals surface area (Å²) in [5.41, 5.74) is 1.14. The van der Waals surface area contributed by atoms with Crippen LogP contribution < -0.4 is 10.0 Å². The topological polar surface area (TPSA) is 78.5 Å². The average Bonchev–Trinajstić information content (AvgIpc) is 2.50. The summed E-state index contributed by atoms with van der Waals surface area (Å²) in [4.78, 5) is 14.4. The number of piperidine rings is 1. The van der Waals surface area contributed by atoms with E-state index in [0.717, 1.165) is 25.9 Å². The first kappa shape index (κ1) is 16.9. The lowest BCUT2D eigenvalue weighted by Gasteiger charge is -2.25. The van der Waals surface area contributed by atoms with E-state index in [4.69, 9.17) is 0 Å². The van der Waals surface area contributed by atoms with Crippen molar-refractivity contribution in [2.75, 3.05) is 32.0 Å². The van der Waals surface area contributed by atoms with Crippen LogP contribution in [0.5, 0.6) is 0 Å². The van der Waals surface area contributed by atoms with Crippen LogP contribution in [0.1, 0.15) is 24.8 Å². The number of amides is 1. The van der Waals surface area contributed by atoms with Gasteiger partial charge in [-0.1, -0.05) is 12.5 Å². The molecule has 1 saturated heterocycles. The molecule has 0 spiro atoms. The number of anilines is 1. The van der Waals surface area contributed by atoms with Crippen molar-refractivity contribution in [2.45, 2.75) is 31.1 Å². The number of benzene rings is 1. The van der Waals surface area contributed by atoms with Gasteiger partial charge in [-0.15, -0.1) is 0 Å². The molecule has 1 aliphatic rings. The summed E-state index contributed by atoms with van der Waals surface area (Å²) in [5.74, 6) is -0.112. The molecular formula is C15H23N3O3S. The molecule has 2 rings (SSSR count). The van der Waals surface area contributed by atoms with E-state index >= 15 is 0 Å². The number of nitrogens with zero attached hydrogens (tertiary/aromatic N) is 1. The molecule has 1 aromatic carbocycles. The first-order valence-corrected chi connectivity index (χ1v) is 8.97. The van der Waals surface area contributed by atoms with Crippen LogP contribution in [0.4, 0.5) is 5.69 Å². The Labute approximate surface area is 131 Å². The normalized spacial score (nSPS) is 16.5. The maximum absolute atomic E-state index is 12.1. The van der Waals surface area contributed by atoms with Crippen LogP contribution in [0.25, 0.3) is 0 Å². The van der Waals surface area contributed by atoms with Gasteiger partial charge in [0.2, 0.25) is 15.9 Å². The van der Waals surface area contributed by atoms with Gasteiger partial charge >= 0.3 is 0 Å².